The van der Waals surface area contributed by atoms with Crippen molar-refractivity contribution in [1.29, 1.82) is 0 Å². The zero-order chi connectivity index (χ0) is 14.1. The van der Waals surface area contributed by atoms with Gasteiger partial charge in [0.1, 0.15) is 10.7 Å². The fourth-order valence-corrected chi connectivity index (χ4v) is 3.23. The van der Waals surface area contributed by atoms with Crippen molar-refractivity contribution in [3.05, 3.63) is 17.3 Å². The molecule has 1 fully saturated rings. The molecule has 1 aliphatic rings. The van der Waals surface area contributed by atoms with Gasteiger partial charge in [-0.3, -0.25) is 0 Å². The highest BCUT2D eigenvalue weighted by Gasteiger charge is 2.38. The summed E-state index contributed by atoms with van der Waals surface area (Å²) in [6.07, 6.45) is 3.94. The molecular weight excluding hydrogens is 290 g/mol. The molecule has 6 nitrogen and oxygen atoms in total. The molecule has 0 saturated heterocycles. The van der Waals surface area contributed by atoms with Crippen molar-refractivity contribution in [1.82, 2.24) is 9.71 Å². The summed E-state index contributed by atoms with van der Waals surface area (Å²) in [6, 6.07) is 1.28. The van der Waals surface area contributed by atoms with Crippen molar-refractivity contribution >= 4 is 27.4 Å². The van der Waals surface area contributed by atoms with E-state index in [4.69, 9.17) is 22.1 Å². The van der Waals surface area contributed by atoms with E-state index in [1.165, 1.54) is 12.3 Å². The minimum absolute atomic E-state index is 0.00252. The monoisotopic (exact) mass is 305 g/mol. The molecule has 1 heterocycles. The van der Waals surface area contributed by atoms with E-state index >= 15 is 0 Å². The van der Waals surface area contributed by atoms with Gasteiger partial charge in [0, 0.05) is 19.9 Å². The number of pyridine rings is 1. The number of nitrogens with two attached hydrogens (primary N) is 1. The zero-order valence-corrected chi connectivity index (χ0v) is 12.1. The normalized spacial score (nSPS) is 18.0. The number of aromatic nitrogens is 1. The summed E-state index contributed by atoms with van der Waals surface area (Å²) in [7, 11) is -2.06. The second-order valence-electron chi connectivity index (χ2n) is 4.60. The summed E-state index contributed by atoms with van der Waals surface area (Å²) in [5.41, 5.74) is 5.07. The summed E-state index contributed by atoms with van der Waals surface area (Å²) in [6.45, 7) is 0.244. The number of nitrogens with zero attached hydrogens (tertiary/aromatic N) is 1. The Balaban J connectivity index is 2.11. The van der Waals surface area contributed by atoms with E-state index in [0.29, 0.717) is 0 Å². The fourth-order valence-electron chi connectivity index (χ4n) is 1.91. The predicted molar refractivity (Wildman–Crippen MR) is 72.4 cm³/mol. The van der Waals surface area contributed by atoms with Crippen LogP contribution in [0.1, 0.15) is 19.3 Å². The summed E-state index contributed by atoms with van der Waals surface area (Å²) < 4.78 is 32.1. The molecule has 3 N–H and O–H groups in total. The highest BCUT2D eigenvalue weighted by atomic mass is 35.5. The van der Waals surface area contributed by atoms with Gasteiger partial charge in [-0.15, -0.1) is 0 Å². The highest BCUT2D eigenvalue weighted by molar-refractivity contribution is 7.89. The van der Waals surface area contributed by atoms with Gasteiger partial charge >= 0.3 is 0 Å². The number of nitrogens with one attached hydrogen (secondary N) is 1. The molecule has 0 aromatic carbocycles. The number of anilines is 1. The van der Waals surface area contributed by atoms with Crippen LogP contribution >= 0.6 is 11.6 Å². The number of hydrogen-bond acceptors (Lipinski definition) is 5. The molecule has 106 valence electrons. The molecule has 8 heteroatoms. The molecule has 0 radical (unpaired) electrons. The number of hydrogen-bond donors (Lipinski definition) is 2. The standard InChI is InChI=1S/C11H16ClN3O3S/c1-18-11(3-2-4-11)7-15-19(16,17)8-5-9(12)10(13)14-6-8/h5-6,15H,2-4,7H2,1H3,(H2,13,14). The maximum atomic E-state index is 12.1. The number of sulfonamides is 1. The summed E-state index contributed by atoms with van der Waals surface area (Å²) in [4.78, 5) is 3.74. The summed E-state index contributed by atoms with van der Waals surface area (Å²) in [5, 5.41) is 0.118. The lowest BCUT2D eigenvalue weighted by atomic mass is 9.80. The van der Waals surface area contributed by atoms with Gasteiger partial charge in [-0.1, -0.05) is 11.6 Å². The Morgan fingerprint density at radius 2 is 2.26 bits per heavy atom. The first-order valence-electron chi connectivity index (χ1n) is 5.84. The van der Waals surface area contributed by atoms with Gasteiger partial charge in [-0.05, 0) is 25.3 Å². The van der Waals surface area contributed by atoms with Gasteiger partial charge in [-0.2, -0.15) is 0 Å². The number of rotatable bonds is 5. The molecule has 1 aromatic rings. The Morgan fingerprint density at radius 3 is 2.74 bits per heavy atom. The molecule has 0 atom stereocenters. The predicted octanol–water partition coefficient (Wildman–Crippen LogP) is 1.16. The molecule has 1 aromatic heterocycles. The van der Waals surface area contributed by atoms with Crippen LogP contribution in [0.4, 0.5) is 5.82 Å². The molecule has 2 rings (SSSR count). The summed E-state index contributed by atoms with van der Waals surface area (Å²) in [5.74, 6) is 0.105. The van der Waals surface area contributed by atoms with Crippen LogP contribution in [-0.4, -0.2) is 32.7 Å². The quantitative estimate of drug-likeness (QED) is 0.851. The van der Waals surface area contributed by atoms with Crippen LogP contribution in [0.3, 0.4) is 0 Å². The van der Waals surface area contributed by atoms with E-state index in [1.807, 2.05) is 0 Å². The van der Waals surface area contributed by atoms with Gasteiger partial charge in [0.2, 0.25) is 10.0 Å². The second kappa shape index (κ2) is 5.24. The lowest BCUT2D eigenvalue weighted by molar-refractivity contribution is -0.0659. The molecule has 0 unspecified atom stereocenters. The molecule has 0 aliphatic heterocycles. The van der Waals surface area contributed by atoms with Crippen LogP contribution < -0.4 is 10.5 Å². The SMILES string of the molecule is COC1(CNS(=O)(=O)c2cnc(N)c(Cl)c2)CCC1. The van der Waals surface area contributed by atoms with Crippen LogP contribution in [0.15, 0.2) is 17.2 Å². The number of nitrogen functional groups attached to an aromatic ring is 1. The largest absolute Gasteiger partial charge is 0.382 e. The van der Waals surface area contributed by atoms with E-state index in [1.54, 1.807) is 7.11 Å². The maximum absolute atomic E-state index is 12.1. The Hall–Kier alpha value is -0.890. The van der Waals surface area contributed by atoms with E-state index in [2.05, 4.69) is 9.71 Å². The number of methoxy groups -OCH3 is 1. The minimum Gasteiger partial charge on any atom is -0.382 e. The van der Waals surface area contributed by atoms with Crippen molar-refractivity contribution in [2.75, 3.05) is 19.4 Å². The first kappa shape index (κ1) is 14.5. The van der Waals surface area contributed by atoms with Crippen molar-refractivity contribution in [3.63, 3.8) is 0 Å². The molecule has 1 saturated carbocycles. The van der Waals surface area contributed by atoms with Gasteiger partial charge in [0.15, 0.2) is 0 Å². The van der Waals surface area contributed by atoms with Crippen LogP contribution in [0.25, 0.3) is 0 Å². The van der Waals surface area contributed by atoms with Crippen LogP contribution in [-0.2, 0) is 14.8 Å². The van der Waals surface area contributed by atoms with Crippen molar-refractivity contribution in [2.45, 2.75) is 29.8 Å². The molecule has 0 amide bonds. The van der Waals surface area contributed by atoms with Crippen molar-refractivity contribution < 1.29 is 13.2 Å². The van der Waals surface area contributed by atoms with Crippen LogP contribution in [0.2, 0.25) is 5.02 Å². The third kappa shape index (κ3) is 3.00. The molecule has 1 aliphatic carbocycles. The average molecular weight is 306 g/mol. The van der Waals surface area contributed by atoms with E-state index < -0.39 is 10.0 Å². The smallest absolute Gasteiger partial charge is 0.242 e. The lowest BCUT2D eigenvalue weighted by Gasteiger charge is -2.40. The molecule has 0 spiro atoms. The Kier molecular flexibility index (Phi) is 4.00. The van der Waals surface area contributed by atoms with E-state index in [0.717, 1.165) is 19.3 Å². The lowest BCUT2D eigenvalue weighted by Crippen LogP contribution is -2.49. The van der Waals surface area contributed by atoms with Gasteiger partial charge in [0.25, 0.3) is 0 Å². The van der Waals surface area contributed by atoms with Crippen molar-refractivity contribution in [3.8, 4) is 0 Å². The third-order valence-electron chi connectivity index (χ3n) is 3.44. The Labute approximate surface area is 117 Å². The average Bonchev–Trinajstić information content (AvgIpc) is 2.31. The third-order valence-corrected chi connectivity index (χ3v) is 5.11. The van der Waals surface area contributed by atoms with E-state index in [9.17, 15) is 8.42 Å². The van der Waals surface area contributed by atoms with Crippen LogP contribution in [0, 0.1) is 0 Å². The van der Waals surface area contributed by atoms with Gasteiger partial charge < -0.3 is 10.5 Å². The maximum Gasteiger partial charge on any atom is 0.242 e. The second-order valence-corrected chi connectivity index (χ2v) is 6.78. The first-order chi connectivity index (χ1) is 8.88. The Morgan fingerprint density at radius 1 is 1.58 bits per heavy atom. The number of halogens is 1. The first-order valence-corrected chi connectivity index (χ1v) is 7.70. The minimum atomic E-state index is -3.65. The zero-order valence-electron chi connectivity index (χ0n) is 10.5. The fraction of sp³-hybridized carbons (Fsp3) is 0.545. The van der Waals surface area contributed by atoms with Gasteiger partial charge in [0.05, 0.1) is 10.6 Å². The molecule has 0 bridgehead atoms. The van der Waals surface area contributed by atoms with Crippen molar-refractivity contribution in [2.24, 2.45) is 0 Å². The topological polar surface area (TPSA) is 94.3 Å². The number of ether oxygens (including phenoxy) is 1. The summed E-state index contributed by atoms with van der Waals surface area (Å²) >= 11 is 5.77. The van der Waals surface area contributed by atoms with Crippen LogP contribution in [0.5, 0.6) is 0 Å². The van der Waals surface area contributed by atoms with Gasteiger partial charge in [-0.25, -0.2) is 18.1 Å². The molecular formula is C11H16ClN3O3S. The van der Waals surface area contributed by atoms with E-state index in [-0.39, 0.29) is 27.9 Å². The molecule has 19 heavy (non-hydrogen) atoms. The Bertz CT molecular complexity index is 567. The highest BCUT2D eigenvalue weighted by Crippen LogP contribution is 2.34.